The summed E-state index contributed by atoms with van der Waals surface area (Å²) < 4.78 is 5.72. The van der Waals surface area contributed by atoms with E-state index in [9.17, 15) is 4.79 Å². The zero-order valence-corrected chi connectivity index (χ0v) is 11.3. The number of amides is 1. The van der Waals surface area contributed by atoms with E-state index in [1.165, 1.54) is 0 Å². The number of rotatable bonds is 1. The van der Waals surface area contributed by atoms with Crippen LogP contribution >= 0.6 is 0 Å². The molecular formula is C15H20N2O2. The summed E-state index contributed by atoms with van der Waals surface area (Å²) in [5, 5.41) is 3.31. The second-order valence-corrected chi connectivity index (χ2v) is 5.40. The second-order valence-electron chi connectivity index (χ2n) is 5.40. The van der Waals surface area contributed by atoms with Gasteiger partial charge in [0.15, 0.2) is 0 Å². The first-order valence-corrected chi connectivity index (χ1v) is 6.97. The van der Waals surface area contributed by atoms with Gasteiger partial charge < -0.3 is 15.0 Å². The normalized spacial score (nSPS) is 26.5. The van der Waals surface area contributed by atoms with Gasteiger partial charge in [-0.2, -0.15) is 0 Å². The number of fused-ring (bicyclic) bond motifs is 1. The maximum Gasteiger partial charge on any atom is 0.229 e. The van der Waals surface area contributed by atoms with Crippen LogP contribution in [-0.4, -0.2) is 43.1 Å². The van der Waals surface area contributed by atoms with E-state index in [1.54, 1.807) is 0 Å². The number of hydrogen-bond donors (Lipinski definition) is 1. The molecule has 2 unspecified atom stereocenters. The van der Waals surface area contributed by atoms with Crippen molar-refractivity contribution in [2.24, 2.45) is 5.92 Å². The molecule has 0 saturated carbocycles. The van der Waals surface area contributed by atoms with Crippen molar-refractivity contribution in [2.45, 2.75) is 19.4 Å². The number of nitrogens with zero attached hydrogens (tertiary/aromatic N) is 1. The van der Waals surface area contributed by atoms with Crippen molar-refractivity contribution in [1.29, 1.82) is 0 Å². The summed E-state index contributed by atoms with van der Waals surface area (Å²) in [6.07, 6.45) is 0.797. The molecular weight excluding hydrogens is 240 g/mol. The lowest BCUT2D eigenvalue weighted by atomic mass is 9.95. The molecule has 0 radical (unpaired) electrons. The summed E-state index contributed by atoms with van der Waals surface area (Å²) in [7, 11) is 0. The highest BCUT2D eigenvalue weighted by Gasteiger charge is 2.32. The standard InChI is InChI=1S/C15H20N2O2/c1-11-9-16-6-7-17(11)15(18)13-8-12-4-2-3-5-14(12)19-10-13/h2-5,11,13,16H,6-10H2,1H3. The molecule has 1 fully saturated rings. The fourth-order valence-electron chi connectivity index (χ4n) is 2.89. The van der Waals surface area contributed by atoms with Gasteiger partial charge in [0.25, 0.3) is 0 Å². The van der Waals surface area contributed by atoms with Crippen molar-refractivity contribution in [3.63, 3.8) is 0 Å². The third kappa shape index (κ3) is 2.45. The van der Waals surface area contributed by atoms with Crippen molar-refractivity contribution in [3.8, 4) is 5.75 Å². The molecule has 0 aromatic heterocycles. The van der Waals surface area contributed by atoms with Gasteiger partial charge in [-0.25, -0.2) is 0 Å². The number of para-hydroxylation sites is 1. The Morgan fingerprint density at radius 3 is 3.11 bits per heavy atom. The van der Waals surface area contributed by atoms with Crippen LogP contribution in [0, 0.1) is 5.92 Å². The largest absolute Gasteiger partial charge is 0.492 e. The number of hydrogen-bond acceptors (Lipinski definition) is 3. The maximum atomic E-state index is 12.6. The van der Waals surface area contributed by atoms with Crippen molar-refractivity contribution in [1.82, 2.24) is 10.2 Å². The highest BCUT2D eigenvalue weighted by Crippen LogP contribution is 2.28. The molecule has 3 rings (SSSR count). The van der Waals surface area contributed by atoms with Gasteiger partial charge in [-0.15, -0.1) is 0 Å². The van der Waals surface area contributed by atoms with Crippen LogP contribution in [0.1, 0.15) is 12.5 Å². The van der Waals surface area contributed by atoms with Crippen molar-refractivity contribution >= 4 is 5.91 Å². The fraction of sp³-hybridized carbons (Fsp3) is 0.533. The first-order valence-electron chi connectivity index (χ1n) is 6.97. The van der Waals surface area contributed by atoms with E-state index in [0.29, 0.717) is 6.61 Å². The van der Waals surface area contributed by atoms with Crippen LogP contribution in [0.5, 0.6) is 5.75 Å². The van der Waals surface area contributed by atoms with Crippen LogP contribution in [0.15, 0.2) is 24.3 Å². The number of carbonyl (C=O) groups is 1. The minimum Gasteiger partial charge on any atom is -0.492 e. The molecule has 2 atom stereocenters. The summed E-state index contributed by atoms with van der Waals surface area (Å²) >= 11 is 0. The van der Waals surface area contributed by atoms with Crippen molar-refractivity contribution in [2.75, 3.05) is 26.2 Å². The number of piperazine rings is 1. The molecule has 2 heterocycles. The molecule has 1 amide bonds. The Morgan fingerprint density at radius 2 is 2.26 bits per heavy atom. The molecule has 4 heteroatoms. The minimum absolute atomic E-state index is 0.0320. The van der Waals surface area contributed by atoms with Crippen LogP contribution in [0.2, 0.25) is 0 Å². The van der Waals surface area contributed by atoms with E-state index < -0.39 is 0 Å². The molecule has 0 spiro atoms. The highest BCUT2D eigenvalue weighted by molar-refractivity contribution is 5.80. The second kappa shape index (κ2) is 5.21. The van der Waals surface area contributed by atoms with Crippen LogP contribution < -0.4 is 10.1 Å². The first kappa shape index (κ1) is 12.5. The number of nitrogens with one attached hydrogen (secondary N) is 1. The van der Waals surface area contributed by atoms with E-state index >= 15 is 0 Å². The van der Waals surface area contributed by atoms with Gasteiger partial charge in [0.05, 0.1) is 5.92 Å². The summed E-state index contributed by atoms with van der Waals surface area (Å²) in [6, 6.07) is 8.28. The lowest BCUT2D eigenvalue weighted by molar-refractivity contribution is -0.139. The summed E-state index contributed by atoms with van der Waals surface area (Å²) in [5.41, 5.74) is 1.15. The number of ether oxygens (including phenoxy) is 1. The Hall–Kier alpha value is -1.55. The van der Waals surface area contributed by atoms with Gasteiger partial charge in [0.2, 0.25) is 5.91 Å². The molecule has 1 aromatic carbocycles. The average Bonchev–Trinajstić information content (AvgIpc) is 2.46. The van der Waals surface area contributed by atoms with Gasteiger partial charge in [-0.05, 0) is 25.0 Å². The molecule has 4 nitrogen and oxygen atoms in total. The van der Waals surface area contributed by atoms with Crippen LogP contribution in [0.25, 0.3) is 0 Å². The summed E-state index contributed by atoms with van der Waals surface area (Å²) in [5.74, 6) is 1.14. The quantitative estimate of drug-likeness (QED) is 0.821. The monoisotopic (exact) mass is 260 g/mol. The van der Waals surface area contributed by atoms with E-state index in [-0.39, 0.29) is 17.9 Å². The number of benzene rings is 1. The smallest absolute Gasteiger partial charge is 0.229 e. The lowest BCUT2D eigenvalue weighted by Crippen LogP contribution is -2.54. The minimum atomic E-state index is -0.0320. The Kier molecular flexibility index (Phi) is 3.42. The average molecular weight is 260 g/mol. The Balaban J connectivity index is 1.72. The molecule has 1 saturated heterocycles. The molecule has 19 heavy (non-hydrogen) atoms. The van der Waals surface area contributed by atoms with Crippen LogP contribution in [-0.2, 0) is 11.2 Å². The van der Waals surface area contributed by atoms with Crippen molar-refractivity contribution in [3.05, 3.63) is 29.8 Å². The predicted molar refractivity (Wildman–Crippen MR) is 73.2 cm³/mol. The molecule has 102 valence electrons. The van der Waals surface area contributed by atoms with Gasteiger partial charge in [0.1, 0.15) is 12.4 Å². The molecule has 1 N–H and O–H groups in total. The predicted octanol–water partition coefficient (Wildman–Crippen LogP) is 1.06. The first-order chi connectivity index (χ1) is 9.25. The topological polar surface area (TPSA) is 41.6 Å². The maximum absolute atomic E-state index is 12.6. The van der Waals surface area contributed by atoms with Gasteiger partial charge in [0, 0.05) is 25.7 Å². The van der Waals surface area contributed by atoms with Gasteiger partial charge in [-0.3, -0.25) is 4.79 Å². The number of carbonyl (C=O) groups excluding carboxylic acids is 1. The molecule has 2 aliphatic rings. The molecule has 1 aromatic rings. The zero-order valence-electron chi connectivity index (χ0n) is 11.3. The zero-order chi connectivity index (χ0) is 13.2. The molecule has 0 aliphatic carbocycles. The van der Waals surface area contributed by atoms with Crippen molar-refractivity contribution < 1.29 is 9.53 Å². The van der Waals surface area contributed by atoms with Crippen LogP contribution in [0.3, 0.4) is 0 Å². The van der Waals surface area contributed by atoms with Crippen LogP contribution in [0.4, 0.5) is 0 Å². The lowest BCUT2D eigenvalue weighted by Gasteiger charge is -2.37. The Morgan fingerprint density at radius 1 is 1.42 bits per heavy atom. The highest BCUT2D eigenvalue weighted by atomic mass is 16.5. The van der Waals surface area contributed by atoms with E-state index in [0.717, 1.165) is 37.4 Å². The Labute approximate surface area is 113 Å². The third-order valence-electron chi connectivity index (χ3n) is 4.01. The molecule has 0 bridgehead atoms. The molecule has 2 aliphatic heterocycles. The van der Waals surface area contributed by atoms with Gasteiger partial charge >= 0.3 is 0 Å². The Bertz CT molecular complexity index is 475. The third-order valence-corrected chi connectivity index (χ3v) is 4.01. The summed E-state index contributed by atoms with van der Waals surface area (Å²) in [4.78, 5) is 14.6. The SMILES string of the molecule is CC1CNCCN1C(=O)C1COc2ccccc2C1. The van der Waals surface area contributed by atoms with E-state index in [1.807, 2.05) is 23.1 Å². The summed E-state index contributed by atoms with van der Waals surface area (Å²) in [6.45, 7) is 5.18. The fourth-order valence-corrected chi connectivity index (χ4v) is 2.89. The van der Waals surface area contributed by atoms with E-state index in [2.05, 4.69) is 18.3 Å². The van der Waals surface area contributed by atoms with Gasteiger partial charge in [-0.1, -0.05) is 18.2 Å². The van der Waals surface area contributed by atoms with E-state index in [4.69, 9.17) is 4.74 Å².